The Kier molecular flexibility index (Phi) is 3.43. The molecule has 1 saturated carbocycles. The Hall–Kier alpha value is -1.10. The van der Waals surface area contributed by atoms with Crippen molar-refractivity contribution in [2.75, 3.05) is 17.7 Å². The van der Waals surface area contributed by atoms with Crippen LogP contribution in [-0.4, -0.2) is 28.0 Å². The van der Waals surface area contributed by atoms with Gasteiger partial charge in [0.1, 0.15) is 0 Å². The highest BCUT2D eigenvalue weighted by Crippen LogP contribution is 2.33. The van der Waals surface area contributed by atoms with Gasteiger partial charge in [-0.05, 0) is 30.9 Å². The van der Waals surface area contributed by atoms with Crippen molar-refractivity contribution in [1.82, 2.24) is 15.0 Å². The summed E-state index contributed by atoms with van der Waals surface area (Å²) < 4.78 is 0. The molecule has 1 heterocycles. The summed E-state index contributed by atoms with van der Waals surface area (Å²) >= 11 is 5.79. The van der Waals surface area contributed by atoms with Crippen molar-refractivity contribution in [2.24, 2.45) is 5.92 Å². The molecule has 2 N–H and O–H groups in total. The van der Waals surface area contributed by atoms with Crippen LogP contribution >= 0.6 is 11.6 Å². The Morgan fingerprint density at radius 2 is 2.00 bits per heavy atom. The van der Waals surface area contributed by atoms with E-state index in [1.807, 2.05) is 0 Å². The molecule has 6 heteroatoms. The van der Waals surface area contributed by atoms with Crippen LogP contribution in [0.1, 0.15) is 26.2 Å². The van der Waals surface area contributed by atoms with Crippen molar-refractivity contribution in [2.45, 2.75) is 32.2 Å². The molecule has 1 atom stereocenters. The monoisotopic (exact) mass is 241 g/mol. The third kappa shape index (κ3) is 3.20. The summed E-state index contributed by atoms with van der Waals surface area (Å²) in [5, 5.41) is 6.30. The molecule has 0 saturated heterocycles. The van der Waals surface area contributed by atoms with Gasteiger partial charge in [0.2, 0.25) is 17.2 Å². The normalized spacial score (nSPS) is 16.9. The molecule has 0 spiro atoms. The van der Waals surface area contributed by atoms with E-state index >= 15 is 0 Å². The smallest absolute Gasteiger partial charge is 0.229 e. The SMILES string of the molecule is CNc1nc(Cl)nc(NC(C)CC2CC2)n1. The molecule has 1 aliphatic rings. The number of anilines is 2. The summed E-state index contributed by atoms with van der Waals surface area (Å²) in [6.07, 6.45) is 3.87. The predicted octanol–water partition coefficient (Wildman–Crippen LogP) is 2.17. The number of aromatic nitrogens is 3. The summed E-state index contributed by atoms with van der Waals surface area (Å²) in [6, 6.07) is 0.371. The van der Waals surface area contributed by atoms with Gasteiger partial charge < -0.3 is 10.6 Å². The fraction of sp³-hybridized carbons (Fsp3) is 0.700. The summed E-state index contributed by atoms with van der Waals surface area (Å²) in [4.78, 5) is 12.2. The average Bonchev–Trinajstić information content (AvgIpc) is 3.00. The zero-order valence-electron chi connectivity index (χ0n) is 9.50. The van der Waals surface area contributed by atoms with Crippen LogP contribution in [0, 0.1) is 5.92 Å². The van der Waals surface area contributed by atoms with Crippen molar-refractivity contribution >= 4 is 23.5 Å². The summed E-state index contributed by atoms with van der Waals surface area (Å²) in [6.45, 7) is 2.13. The molecule has 88 valence electrons. The Balaban J connectivity index is 1.98. The maximum Gasteiger partial charge on any atom is 0.229 e. The van der Waals surface area contributed by atoms with Gasteiger partial charge in [-0.25, -0.2) is 0 Å². The first kappa shape index (κ1) is 11.4. The van der Waals surface area contributed by atoms with E-state index in [4.69, 9.17) is 11.6 Å². The van der Waals surface area contributed by atoms with Gasteiger partial charge in [-0.15, -0.1) is 0 Å². The van der Waals surface area contributed by atoms with Crippen LogP contribution in [-0.2, 0) is 0 Å². The number of nitrogens with zero attached hydrogens (tertiary/aromatic N) is 3. The van der Waals surface area contributed by atoms with Crippen LogP contribution in [0.4, 0.5) is 11.9 Å². The number of halogens is 1. The maximum absolute atomic E-state index is 5.79. The number of rotatable bonds is 5. The first-order valence-corrected chi connectivity index (χ1v) is 5.91. The highest BCUT2D eigenvalue weighted by molar-refractivity contribution is 6.28. The highest BCUT2D eigenvalue weighted by Gasteiger charge is 2.23. The second-order valence-corrected chi connectivity index (χ2v) is 4.56. The van der Waals surface area contributed by atoms with E-state index in [-0.39, 0.29) is 5.28 Å². The van der Waals surface area contributed by atoms with Gasteiger partial charge in [0, 0.05) is 13.1 Å². The van der Waals surface area contributed by atoms with Gasteiger partial charge in [0.05, 0.1) is 0 Å². The molecule has 2 rings (SSSR count). The Bertz CT molecular complexity index is 366. The molecule has 0 bridgehead atoms. The van der Waals surface area contributed by atoms with Gasteiger partial charge in [-0.1, -0.05) is 12.8 Å². The van der Waals surface area contributed by atoms with Crippen LogP contribution < -0.4 is 10.6 Å². The van der Waals surface area contributed by atoms with Gasteiger partial charge in [-0.3, -0.25) is 0 Å². The van der Waals surface area contributed by atoms with Crippen LogP contribution in [0.5, 0.6) is 0 Å². The van der Waals surface area contributed by atoms with E-state index in [1.165, 1.54) is 12.8 Å². The Labute approximate surface area is 100 Å². The quantitative estimate of drug-likeness (QED) is 0.827. The molecule has 5 nitrogen and oxygen atoms in total. The van der Waals surface area contributed by atoms with Crippen molar-refractivity contribution in [3.63, 3.8) is 0 Å². The molecule has 1 aliphatic carbocycles. The summed E-state index contributed by atoms with van der Waals surface area (Å²) in [7, 11) is 1.75. The minimum Gasteiger partial charge on any atom is -0.357 e. The van der Waals surface area contributed by atoms with E-state index in [2.05, 4.69) is 32.5 Å². The summed E-state index contributed by atoms with van der Waals surface area (Å²) in [5.74, 6) is 1.90. The van der Waals surface area contributed by atoms with Crippen LogP contribution in [0.15, 0.2) is 0 Å². The van der Waals surface area contributed by atoms with Crippen LogP contribution in [0.25, 0.3) is 0 Å². The second-order valence-electron chi connectivity index (χ2n) is 4.23. The highest BCUT2D eigenvalue weighted by atomic mass is 35.5. The Morgan fingerprint density at radius 1 is 1.31 bits per heavy atom. The number of nitrogens with one attached hydrogen (secondary N) is 2. The van der Waals surface area contributed by atoms with Crippen molar-refractivity contribution in [3.8, 4) is 0 Å². The first-order valence-electron chi connectivity index (χ1n) is 5.53. The second kappa shape index (κ2) is 4.82. The molecule has 1 aromatic heterocycles. The third-order valence-electron chi connectivity index (χ3n) is 2.59. The van der Waals surface area contributed by atoms with Crippen molar-refractivity contribution < 1.29 is 0 Å². The van der Waals surface area contributed by atoms with Crippen LogP contribution in [0.3, 0.4) is 0 Å². The van der Waals surface area contributed by atoms with Gasteiger partial charge in [0.25, 0.3) is 0 Å². The molecule has 16 heavy (non-hydrogen) atoms. The van der Waals surface area contributed by atoms with E-state index in [0.717, 1.165) is 12.3 Å². The first-order chi connectivity index (χ1) is 7.67. The summed E-state index contributed by atoms with van der Waals surface area (Å²) in [5.41, 5.74) is 0. The molecular weight excluding hydrogens is 226 g/mol. The van der Waals surface area contributed by atoms with Gasteiger partial charge in [0.15, 0.2) is 0 Å². The number of hydrogen-bond donors (Lipinski definition) is 2. The molecule has 0 amide bonds. The van der Waals surface area contributed by atoms with Crippen LogP contribution in [0.2, 0.25) is 5.28 Å². The Morgan fingerprint density at radius 3 is 2.62 bits per heavy atom. The van der Waals surface area contributed by atoms with E-state index < -0.39 is 0 Å². The average molecular weight is 242 g/mol. The molecule has 0 aromatic carbocycles. The lowest BCUT2D eigenvalue weighted by molar-refractivity contribution is 0.637. The van der Waals surface area contributed by atoms with Crippen molar-refractivity contribution in [1.29, 1.82) is 0 Å². The van der Waals surface area contributed by atoms with E-state index in [9.17, 15) is 0 Å². The lowest BCUT2D eigenvalue weighted by Gasteiger charge is -2.13. The molecule has 1 unspecified atom stereocenters. The molecule has 1 aromatic rings. The standard InChI is InChI=1S/C10H16ClN5/c1-6(5-7-3-4-7)13-10-15-8(11)14-9(12-2)16-10/h6-7H,3-5H2,1-2H3,(H2,12,13,14,15,16). The minimum absolute atomic E-state index is 0.209. The third-order valence-corrected chi connectivity index (χ3v) is 2.76. The largest absolute Gasteiger partial charge is 0.357 e. The van der Waals surface area contributed by atoms with E-state index in [1.54, 1.807) is 7.05 Å². The lowest BCUT2D eigenvalue weighted by Crippen LogP contribution is -2.18. The molecule has 0 radical (unpaired) electrons. The minimum atomic E-state index is 0.209. The molecule has 0 aliphatic heterocycles. The fourth-order valence-corrected chi connectivity index (χ4v) is 1.82. The zero-order valence-corrected chi connectivity index (χ0v) is 10.3. The molecule has 1 fully saturated rings. The van der Waals surface area contributed by atoms with Gasteiger partial charge in [-0.2, -0.15) is 15.0 Å². The number of hydrogen-bond acceptors (Lipinski definition) is 5. The predicted molar refractivity (Wildman–Crippen MR) is 64.8 cm³/mol. The maximum atomic E-state index is 5.79. The lowest BCUT2D eigenvalue weighted by atomic mass is 10.2. The van der Waals surface area contributed by atoms with Gasteiger partial charge >= 0.3 is 0 Å². The topological polar surface area (TPSA) is 62.7 Å². The van der Waals surface area contributed by atoms with E-state index in [0.29, 0.717) is 17.9 Å². The fourth-order valence-electron chi connectivity index (χ4n) is 1.66. The van der Waals surface area contributed by atoms with Crippen molar-refractivity contribution in [3.05, 3.63) is 5.28 Å². The molecular formula is C10H16ClN5. The zero-order chi connectivity index (χ0) is 11.5.